The third kappa shape index (κ3) is 14.1. The van der Waals surface area contributed by atoms with Crippen molar-refractivity contribution in [2.24, 2.45) is 11.8 Å². The van der Waals surface area contributed by atoms with Crippen molar-refractivity contribution in [1.82, 2.24) is 20.4 Å². The maximum absolute atomic E-state index is 14.0. The Labute approximate surface area is 285 Å². The van der Waals surface area contributed by atoms with Crippen molar-refractivity contribution in [3.63, 3.8) is 0 Å². The lowest BCUT2D eigenvalue weighted by molar-refractivity contribution is -0.142. The molecule has 264 valence electrons. The van der Waals surface area contributed by atoms with Crippen LogP contribution in [0.15, 0.2) is 60.7 Å². The highest BCUT2D eigenvalue weighted by Crippen LogP contribution is 2.16. The standard InChI is InChI=1S/C37H54N4O7/c1-25(2)30(38-34(45)47-36(5,6)7)32(43)40(21-27-17-13-11-14-18-27)23-29(42)24-41(22-28-19-15-12-16-20-28)33(44)31(26(3)4)39-35(46)48-37(8,9)10/h11-20,25-26,30-31H,21-24H2,1-10H3,(H,38,45)(H,39,46)/t30-,31-/m0/s1. The Morgan fingerprint density at radius 1 is 0.583 bits per heavy atom. The molecule has 0 heterocycles. The Kier molecular flexibility index (Phi) is 14.6. The van der Waals surface area contributed by atoms with Crippen LogP contribution >= 0.6 is 0 Å². The quantitative estimate of drug-likeness (QED) is 0.264. The van der Waals surface area contributed by atoms with Gasteiger partial charge in [0.25, 0.3) is 0 Å². The molecule has 0 spiro atoms. The molecule has 0 fully saturated rings. The highest BCUT2D eigenvalue weighted by Gasteiger charge is 2.34. The first-order valence-corrected chi connectivity index (χ1v) is 16.4. The van der Waals surface area contributed by atoms with Gasteiger partial charge in [0, 0.05) is 13.1 Å². The number of nitrogens with zero attached hydrogens (tertiary/aromatic N) is 2. The lowest BCUT2D eigenvalue weighted by Crippen LogP contribution is -2.55. The van der Waals surface area contributed by atoms with Crippen molar-refractivity contribution in [1.29, 1.82) is 0 Å². The third-order valence-corrected chi connectivity index (χ3v) is 7.00. The summed E-state index contributed by atoms with van der Waals surface area (Å²) in [7, 11) is 0. The summed E-state index contributed by atoms with van der Waals surface area (Å²) in [6.45, 7) is 17.1. The number of alkyl carbamates (subject to hydrolysis) is 2. The second-order valence-corrected chi connectivity index (χ2v) is 14.6. The summed E-state index contributed by atoms with van der Waals surface area (Å²) in [5, 5.41) is 5.37. The van der Waals surface area contributed by atoms with Gasteiger partial charge < -0.3 is 29.9 Å². The SMILES string of the molecule is CC(C)[C@H](NC(=O)OC(C)(C)C)C(=O)N(CC(=O)CN(Cc1ccccc1)C(=O)[C@@H](NC(=O)OC(C)(C)C)C(C)C)Cc1ccccc1. The van der Waals surface area contributed by atoms with Gasteiger partial charge in [0.2, 0.25) is 11.8 Å². The van der Waals surface area contributed by atoms with Gasteiger partial charge in [0.15, 0.2) is 5.78 Å². The molecule has 0 aliphatic carbocycles. The Morgan fingerprint density at radius 2 is 0.896 bits per heavy atom. The van der Waals surface area contributed by atoms with Crippen LogP contribution in [-0.4, -0.2) is 76.0 Å². The Hall–Kier alpha value is -4.41. The summed E-state index contributed by atoms with van der Waals surface area (Å²) < 4.78 is 10.8. The molecule has 0 aromatic heterocycles. The van der Waals surface area contributed by atoms with Crippen molar-refractivity contribution in [3.8, 4) is 0 Å². The lowest BCUT2D eigenvalue weighted by Gasteiger charge is -2.32. The first kappa shape index (κ1) is 39.8. The molecule has 2 atom stereocenters. The van der Waals surface area contributed by atoms with Crippen LogP contribution in [0, 0.1) is 11.8 Å². The van der Waals surface area contributed by atoms with Crippen LogP contribution in [0.2, 0.25) is 0 Å². The molecule has 2 aromatic carbocycles. The maximum Gasteiger partial charge on any atom is 0.408 e. The van der Waals surface area contributed by atoms with E-state index in [-0.39, 0.29) is 38.0 Å². The summed E-state index contributed by atoms with van der Waals surface area (Å²) in [4.78, 5) is 70.1. The Bertz CT molecular complexity index is 1260. The first-order chi connectivity index (χ1) is 22.3. The molecule has 0 unspecified atom stereocenters. The number of ether oxygens (including phenoxy) is 2. The number of hydrogen-bond donors (Lipinski definition) is 2. The number of hydrogen-bond acceptors (Lipinski definition) is 7. The molecular formula is C37H54N4O7. The van der Waals surface area contributed by atoms with E-state index >= 15 is 0 Å². The van der Waals surface area contributed by atoms with E-state index < -0.39 is 53.1 Å². The van der Waals surface area contributed by atoms with Crippen LogP contribution in [0.5, 0.6) is 0 Å². The zero-order chi connectivity index (χ0) is 36.2. The second-order valence-electron chi connectivity index (χ2n) is 14.6. The van der Waals surface area contributed by atoms with Crippen molar-refractivity contribution in [3.05, 3.63) is 71.8 Å². The van der Waals surface area contributed by atoms with Crippen LogP contribution in [0.25, 0.3) is 0 Å². The third-order valence-electron chi connectivity index (χ3n) is 7.00. The van der Waals surface area contributed by atoms with Gasteiger partial charge >= 0.3 is 12.2 Å². The van der Waals surface area contributed by atoms with E-state index in [0.717, 1.165) is 11.1 Å². The maximum atomic E-state index is 14.0. The summed E-state index contributed by atoms with van der Waals surface area (Å²) in [5.74, 6) is -1.95. The van der Waals surface area contributed by atoms with Crippen molar-refractivity contribution < 1.29 is 33.4 Å². The van der Waals surface area contributed by atoms with Crippen LogP contribution in [0.4, 0.5) is 9.59 Å². The van der Waals surface area contributed by atoms with E-state index in [2.05, 4.69) is 10.6 Å². The van der Waals surface area contributed by atoms with Gasteiger partial charge in [-0.1, -0.05) is 88.4 Å². The van der Waals surface area contributed by atoms with Crippen LogP contribution in [-0.2, 0) is 36.9 Å². The normalized spacial score (nSPS) is 12.9. The van der Waals surface area contributed by atoms with E-state index in [4.69, 9.17) is 9.47 Å². The van der Waals surface area contributed by atoms with Gasteiger partial charge in [-0.25, -0.2) is 9.59 Å². The predicted octanol–water partition coefficient (Wildman–Crippen LogP) is 5.71. The van der Waals surface area contributed by atoms with Gasteiger partial charge in [-0.3, -0.25) is 14.4 Å². The zero-order valence-electron chi connectivity index (χ0n) is 30.2. The molecule has 2 rings (SSSR count). The van der Waals surface area contributed by atoms with Crippen molar-refractivity contribution in [2.75, 3.05) is 13.1 Å². The van der Waals surface area contributed by atoms with E-state index in [9.17, 15) is 24.0 Å². The molecule has 0 aliphatic rings. The van der Waals surface area contributed by atoms with Gasteiger partial charge in [-0.15, -0.1) is 0 Å². The fourth-order valence-electron chi connectivity index (χ4n) is 4.80. The number of benzene rings is 2. The average Bonchev–Trinajstić information content (AvgIpc) is 2.96. The molecule has 0 aliphatic heterocycles. The molecule has 0 radical (unpaired) electrons. The second kappa shape index (κ2) is 17.7. The molecule has 0 saturated heterocycles. The summed E-state index contributed by atoms with van der Waals surface area (Å²) in [6, 6.07) is 16.5. The molecule has 11 heteroatoms. The molecule has 4 amide bonds. The van der Waals surface area contributed by atoms with E-state index in [1.54, 1.807) is 69.2 Å². The predicted molar refractivity (Wildman–Crippen MR) is 185 cm³/mol. The smallest absolute Gasteiger partial charge is 0.408 e. The molecule has 11 nitrogen and oxygen atoms in total. The van der Waals surface area contributed by atoms with Crippen LogP contribution in [0.1, 0.15) is 80.4 Å². The fourth-order valence-corrected chi connectivity index (χ4v) is 4.80. The number of rotatable bonds is 14. The molecule has 0 bridgehead atoms. The summed E-state index contributed by atoms with van der Waals surface area (Å²) >= 11 is 0. The average molecular weight is 667 g/mol. The lowest BCUT2D eigenvalue weighted by atomic mass is 10.0. The molecule has 0 saturated carbocycles. The first-order valence-electron chi connectivity index (χ1n) is 16.4. The number of ketones is 1. The molecular weight excluding hydrogens is 612 g/mol. The topological polar surface area (TPSA) is 134 Å². The minimum Gasteiger partial charge on any atom is -0.444 e. The summed E-state index contributed by atoms with van der Waals surface area (Å²) in [6.07, 6.45) is -1.48. The van der Waals surface area contributed by atoms with Gasteiger partial charge in [0.05, 0.1) is 13.1 Å². The van der Waals surface area contributed by atoms with E-state index in [0.29, 0.717) is 0 Å². The number of carbonyl (C=O) groups is 5. The number of amides is 4. The largest absolute Gasteiger partial charge is 0.444 e. The molecule has 2 aromatic rings. The van der Waals surface area contributed by atoms with Gasteiger partial charge in [0.1, 0.15) is 23.3 Å². The summed E-state index contributed by atoms with van der Waals surface area (Å²) in [5.41, 5.74) is 0.0408. The zero-order valence-corrected chi connectivity index (χ0v) is 30.2. The van der Waals surface area contributed by atoms with Crippen molar-refractivity contribution in [2.45, 2.75) is 106 Å². The van der Waals surface area contributed by atoms with Crippen LogP contribution in [0.3, 0.4) is 0 Å². The Balaban J connectivity index is 2.40. The highest BCUT2D eigenvalue weighted by atomic mass is 16.6. The molecule has 48 heavy (non-hydrogen) atoms. The van der Waals surface area contributed by atoms with Gasteiger partial charge in [-0.2, -0.15) is 0 Å². The highest BCUT2D eigenvalue weighted by molar-refractivity contribution is 5.94. The monoisotopic (exact) mass is 666 g/mol. The van der Waals surface area contributed by atoms with Crippen molar-refractivity contribution >= 4 is 29.8 Å². The molecule has 2 N–H and O–H groups in total. The van der Waals surface area contributed by atoms with Crippen LogP contribution < -0.4 is 10.6 Å². The Morgan fingerprint density at radius 3 is 1.17 bits per heavy atom. The van der Waals surface area contributed by atoms with E-state index in [1.807, 2.05) is 60.7 Å². The van der Waals surface area contributed by atoms with E-state index in [1.165, 1.54) is 9.80 Å². The minimum absolute atomic E-state index is 0.103. The van der Waals surface area contributed by atoms with Gasteiger partial charge in [-0.05, 0) is 64.5 Å². The number of Topliss-reactive ketones (excluding diaryl/α,β-unsaturated/α-hetero) is 1. The number of carbonyl (C=O) groups excluding carboxylic acids is 5. The fraction of sp³-hybridized carbons (Fsp3) is 0.541. The number of nitrogens with one attached hydrogen (secondary N) is 2. The minimum atomic E-state index is -0.971.